The van der Waals surface area contributed by atoms with E-state index in [1.807, 2.05) is 244 Å². The van der Waals surface area contributed by atoms with E-state index < -0.39 is 0 Å². The maximum atomic E-state index is 6.30. The highest BCUT2D eigenvalue weighted by molar-refractivity contribution is 6.31. The highest BCUT2D eigenvalue weighted by Crippen LogP contribution is 2.27. The van der Waals surface area contributed by atoms with Gasteiger partial charge >= 0.3 is 0 Å². The van der Waals surface area contributed by atoms with Crippen molar-refractivity contribution < 1.29 is 0 Å². The molecule has 16 rings (SSSR count). The number of imidazole rings is 1. The van der Waals surface area contributed by atoms with E-state index in [1.54, 1.807) is 6.20 Å². The number of nitrogens with zero attached hydrogens (tertiary/aromatic N) is 20. The Balaban J connectivity index is 0.000000143. The third-order valence-electron chi connectivity index (χ3n) is 22.0. The molecular weight excluding hydrogens is 1580 g/mol. The lowest BCUT2D eigenvalue weighted by molar-refractivity contribution is 0.195. The fraction of sp³-hybridized carbons (Fsp3) is 0.260. The van der Waals surface area contributed by atoms with Gasteiger partial charge in [0.1, 0.15) is 5.82 Å². The molecule has 15 heterocycles. The van der Waals surface area contributed by atoms with Gasteiger partial charge in [-0.1, -0.05) is 103 Å². The van der Waals surface area contributed by atoms with E-state index in [0.29, 0.717) is 11.6 Å². The molecule has 21 nitrogen and oxygen atoms in total. The predicted molar refractivity (Wildman–Crippen MR) is 503 cm³/mol. The van der Waals surface area contributed by atoms with Crippen LogP contribution in [0.5, 0.6) is 0 Å². The van der Waals surface area contributed by atoms with Crippen molar-refractivity contribution in [3.63, 3.8) is 0 Å². The van der Waals surface area contributed by atoms with Crippen molar-refractivity contribution in [2.75, 3.05) is 32.7 Å². The Kier molecular flexibility index (Phi) is 37.0. The highest BCUT2D eigenvalue weighted by Gasteiger charge is 2.23. The summed E-state index contributed by atoms with van der Waals surface area (Å²) in [5.41, 5.74) is 22.1. The summed E-state index contributed by atoms with van der Waals surface area (Å²) in [5.74, 6) is 0.972. The number of aromatic amines is 1. The maximum Gasteiger partial charge on any atom is 0.121 e. The van der Waals surface area contributed by atoms with E-state index >= 15 is 0 Å². The molecule has 0 amide bonds. The van der Waals surface area contributed by atoms with Crippen LogP contribution in [0.25, 0.3) is 11.0 Å². The summed E-state index contributed by atoms with van der Waals surface area (Å²) in [6.07, 6.45) is 30.3. The van der Waals surface area contributed by atoms with Crippen molar-refractivity contribution in [2.45, 2.75) is 145 Å². The molecule has 15 aromatic heterocycles. The summed E-state index contributed by atoms with van der Waals surface area (Å²) in [5, 5.41) is 0.697. The van der Waals surface area contributed by atoms with Crippen LogP contribution in [-0.4, -0.2) is 137 Å². The average molecular weight is 1690 g/mol. The Morgan fingerprint density at radius 2 is 0.532 bits per heavy atom. The number of pyridine rings is 14. The molecule has 642 valence electrons. The second kappa shape index (κ2) is 50.6. The first-order chi connectivity index (χ1) is 61.8. The molecule has 0 fully saturated rings. The van der Waals surface area contributed by atoms with Gasteiger partial charge in [-0.3, -0.25) is 94.3 Å². The minimum Gasteiger partial charge on any atom is -0.341 e. The van der Waals surface area contributed by atoms with Crippen LogP contribution in [-0.2, 0) is 77.9 Å². The summed E-state index contributed by atoms with van der Waals surface area (Å²) in [4.78, 5) is 83.1. The van der Waals surface area contributed by atoms with Gasteiger partial charge in [0, 0.05) is 237 Å². The molecule has 0 saturated carbocycles. The normalized spacial score (nSPS) is 11.8. The van der Waals surface area contributed by atoms with Crippen LogP contribution in [0.15, 0.2) is 335 Å². The van der Waals surface area contributed by atoms with Gasteiger partial charge < -0.3 is 4.98 Å². The second-order valence-electron chi connectivity index (χ2n) is 31.0. The van der Waals surface area contributed by atoms with Crippen molar-refractivity contribution in [2.24, 2.45) is 0 Å². The summed E-state index contributed by atoms with van der Waals surface area (Å²) >= 11 is 6.30. The van der Waals surface area contributed by atoms with E-state index in [4.69, 9.17) is 16.6 Å². The number of hydrogen-bond donors (Lipinski definition) is 1. The van der Waals surface area contributed by atoms with E-state index in [0.717, 1.165) is 201 Å². The smallest absolute Gasteiger partial charge is 0.121 e. The van der Waals surface area contributed by atoms with Crippen molar-refractivity contribution in [1.82, 2.24) is 104 Å². The number of aryl methyl sites for hydroxylation is 4. The molecule has 0 aliphatic carbocycles. The van der Waals surface area contributed by atoms with Gasteiger partial charge in [0.15, 0.2) is 0 Å². The summed E-state index contributed by atoms with van der Waals surface area (Å²) in [6.45, 7) is 24.9. The molecule has 0 spiro atoms. The van der Waals surface area contributed by atoms with Gasteiger partial charge in [0.2, 0.25) is 0 Å². The lowest BCUT2D eigenvalue weighted by Crippen LogP contribution is -2.30. The van der Waals surface area contributed by atoms with Gasteiger partial charge in [0.05, 0.1) is 73.8 Å². The third-order valence-corrected chi connectivity index (χ3v) is 22.3. The SMILES string of the molecule is CC(c1ccccn1)N(CCc1ccccn1)Cc1ccccn1.CC(c1ccccn1)N(CCc1ccccn1)Cc1nc2ccccc2[nH]1.Cc1cccnc1CN(CCc1ccccn1)C(C)c1ccccn1.Cc1cccnc1CN(CCc1ccccn1)Cc1ncccc1C.Cc1cccnc1CN(CCc1ccccn1)Cc1ncccc1Cl. The van der Waals surface area contributed by atoms with Crippen molar-refractivity contribution in [3.05, 3.63) is 448 Å². The maximum absolute atomic E-state index is 6.30. The molecule has 0 saturated heterocycles. The first-order valence-corrected chi connectivity index (χ1v) is 43.6. The molecule has 22 heteroatoms. The average Bonchev–Trinajstić information content (AvgIpc) is 1.62. The standard InChI is InChI=1S/C22H23N5.2C21H24N4.C20H21ClN4.C20H22N4/c1-17(19-9-5-7-14-24-19)27(15-12-18-8-4-6-13-23-18)16-22-25-20-10-2-3-11-21(20)26-22;1-17-8-7-14-24-21(17)16-25(15-11-19-9-3-5-12-22-19)18(2)20-10-4-6-13-23-20;1-17-7-5-12-23-20(17)15-25(14-10-19-9-3-4-11-22-19)16-21-18(2)8-6-13-24-21;1-16-6-4-11-23-19(16)14-25(13-9-17-7-2-3-10-22-17)15-20-18(21)8-5-12-24-20;1-17(20-10-4-7-14-23-20)24(16-19-9-3-6-13-22-19)15-11-18-8-2-5-12-21-18/h2-11,13-14,17H,12,15-16H2,1H3,(H,25,26);3-10,12-14,18H,11,15-16H2,1-2H3;3-9,11-13H,10,14-16H2,1-2H3;2-8,10-12H,9,13-15H2,1H3;2-10,12-14,17H,11,15-16H2,1H3. The fourth-order valence-corrected chi connectivity index (χ4v) is 14.6. The van der Waals surface area contributed by atoms with Crippen LogP contribution in [0.1, 0.15) is 147 Å². The molecule has 1 N–H and O–H groups in total. The van der Waals surface area contributed by atoms with E-state index in [1.165, 1.54) is 22.3 Å². The molecule has 0 bridgehead atoms. The molecule has 1 aromatic carbocycles. The molecule has 0 aliphatic rings. The molecular formula is C104H114ClN21. The topological polar surface area (TPSA) is 225 Å². The summed E-state index contributed by atoms with van der Waals surface area (Å²) < 4.78 is 0. The van der Waals surface area contributed by atoms with Gasteiger partial charge in [0.25, 0.3) is 0 Å². The van der Waals surface area contributed by atoms with Crippen molar-refractivity contribution in [1.29, 1.82) is 0 Å². The number of rotatable bonds is 35. The minimum absolute atomic E-state index is 0.183. The lowest BCUT2D eigenvalue weighted by Gasteiger charge is -2.29. The van der Waals surface area contributed by atoms with Crippen LogP contribution in [0, 0.1) is 27.7 Å². The number of halogens is 1. The van der Waals surface area contributed by atoms with Gasteiger partial charge in [-0.2, -0.15) is 0 Å². The van der Waals surface area contributed by atoms with E-state index in [9.17, 15) is 0 Å². The van der Waals surface area contributed by atoms with Crippen LogP contribution < -0.4 is 0 Å². The molecule has 16 aromatic rings. The second-order valence-corrected chi connectivity index (χ2v) is 31.4. The highest BCUT2D eigenvalue weighted by atomic mass is 35.5. The van der Waals surface area contributed by atoms with Crippen LogP contribution in [0.2, 0.25) is 5.02 Å². The summed E-state index contributed by atoms with van der Waals surface area (Å²) in [6, 6.07) is 83.4. The van der Waals surface area contributed by atoms with Crippen LogP contribution in [0.4, 0.5) is 0 Å². The Bertz CT molecular complexity index is 5460. The largest absolute Gasteiger partial charge is 0.341 e. The fourth-order valence-electron chi connectivity index (χ4n) is 14.4. The Labute approximate surface area is 747 Å². The van der Waals surface area contributed by atoms with Crippen LogP contribution >= 0.6 is 11.6 Å². The van der Waals surface area contributed by atoms with Crippen LogP contribution in [0.3, 0.4) is 0 Å². The quantitative estimate of drug-likeness (QED) is 0.0389. The van der Waals surface area contributed by atoms with Gasteiger partial charge in [-0.25, -0.2) is 4.98 Å². The monoisotopic (exact) mass is 1690 g/mol. The van der Waals surface area contributed by atoms with Gasteiger partial charge in [-0.15, -0.1) is 0 Å². The van der Waals surface area contributed by atoms with Crippen molar-refractivity contribution >= 4 is 22.6 Å². The zero-order valence-electron chi connectivity index (χ0n) is 73.3. The van der Waals surface area contributed by atoms with Gasteiger partial charge in [-0.05, 0) is 228 Å². The number of aromatic nitrogens is 16. The minimum atomic E-state index is 0.183. The lowest BCUT2D eigenvalue weighted by atomic mass is 10.1. The first kappa shape index (κ1) is 92.1. The summed E-state index contributed by atoms with van der Waals surface area (Å²) in [7, 11) is 0. The molecule has 0 radical (unpaired) electrons. The molecule has 126 heavy (non-hydrogen) atoms. The first-order valence-electron chi connectivity index (χ1n) is 43.2. The third kappa shape index (κ3) is 30.4. The number of benzene rings is 1. The zero-order valence-corrected chi connectivity index (χ0v) is 74.1. The Morgan fingerprint density at radius 3 is 0.857 bits per heavy atom. The molecule has 0 aliphatic heterocycles. The van der Waals surface area contributed by atoms with E-state index in [-0.39, 0.29) is 18.1 Å². The number of para-hydroxylation sites is 2. The van der Waals surface area contributed by atoms with Crippen molar-refractivity contribution in [3.8, 4) is 0 Å². The number of H-pyrrole nitrogens is 1. The number of fused-ring (bicyclic) bond motifs is 1. The zero-order chi connectivity index (χ0) is 87.5. The Hall–Kier alpha value is -13.1. The number of hydrogen-bond acceptors (Lipinski definition) is 20. The Morgan fingerprint density at radius 1 is 0.254 bits per heavy atom. The predicted octanol–water partition coefficient (Wildman–Crippen LogP) is 19.6. The molecule has 3 atom stereocenters. The number of nitrogens with one attached hydrogen (secondary N) is 1. The van der Waals surface area contributed by atoms with E-state index in [2.05, 4.69) is 233 Å². The molecule has 3 unspecified atom stereocenters.